The second-order valence-electron chi connectivity index (χ2n) is 5.71. The van der Waals surface area contributed by atoms with E-state index >= 15 is 0 Å². The molecule has 0 radical (unpaired) electrons. The molecule has 0 aliphatic carbocycles. The highest BCUT2D eigenvalue weighted by atomic mass is 19.1. The molecule has 0 saturated carbocycles. The normalized spacial score (nSPS) is 18.2. The number of aromatic carboxylic acids is 1. The molecule has 0 bridgehead atoms. The van der Waals surface area contributed by atoms with Crippen LogP contribution in [0.1, 0.15) is 40.6 Å². The maximum Gasteiger partial charge on any atom is 0.338 e. The first kappa shape index (κ1) is 15.6. The van der Waals surface area contributed by atoms with Gasteiger partial charge in [-0.05, 0) is 43.5 Å². The Balaban J connectivity index is 1.65. The van der Waals surface area contributed by atoms with E-state index in [2.05, 4.69) is 14.9 Å². The summed E-state index contributed by atoms with van der Waals surface area (Å²) in [4.78, 5) is 21.6. The van der Waals surface area contributed by atoms with Crippen molar-refractivity contribution >= 4 is 5.97 Å². The van der Waals surface area contributed by atoms with Crippen LogP contribution in [0.5, 0.6) is 0 Å². The summed E-state index contributed by atoms with van der Waals surface area (Å²) in [6.45, 7) is 1.82. The molecular formula is C17H18FN3O2. The van der Waals surface area contributed by atoms with Crippen LogP contribution in [0.2, 0.25) is 0 Å². The first-order valence-corrected chi connectivity index (χ1v) is 7.67. The molecule has 3 rings (SSSR count). The molecular weight excluding hydrogens is 297 g/mol. The molecule has 2 heterocycles. The number of likely N-dealkylation sites (tertiary alicyclic amines) is 1. The number of carboxylic acids is 1. The highest BCUT2D eigenvalue weighted by molar-refractivity contribution is 5.86. The molecule has 0 amide bonds. The molecule has 1 aliphatic heterocycles. The minimum absolute atomic E-state index is 0.101. The highest BCUT2D eigenvalue weighted by Crippen LogP contribution is 2.29. The predicted molar refractivity (Wildman–Crippen MR) is 82.6 cm³/mol. The van der Waals surface area contributed by atoms with E-state index in [4.69, 9.17) is 5.11 Å². The maximum atomic E-state index is 12.9. The number of benzene rings is 1. The van der Waals surface area contributed by atoms with Gasteiger partial charge in [-0.25, -0.2) is 19.2 Å². The number of hydrogen-bond acceptors (Lipinski definition) is 4. The van der Waals surface area contributed by atoms with Gasteiger partial charge in [0.15, 0.2) is 0 Å². The molecule has 1 N–H and O–H groups in total. The third-order valence-electron chi connectivity index (χ3n) is 4.18. The lowest BCUT2D eigenvalue weighted by molar-refractivity contribution is 0.0695. The Kier molecular flexibility index (Phi) is 4.62. The van der Waals surface area contributed by atoms with Crippen LogP contribution in [0, 0.1) is 5.82 Å². The van der Waals surface area contributed by atoms with E-state index < -0.39 is 5.97 Å². The zero-order valence-corrected chi connectivity index (χ0v) is 12.7. The number of carboxylic acid groups (broad SMARTS) is 1. The molecule has 6 heteroatoms. The summed E-state index contributed by atoms with van der Waals surface area (Å²) in [5, 5.41) is 8.91. The maximum absolute atomic E-state index is 12.9. The van der Waals surface area contributed by atoms with Crippen molar-refractivity contribution in [3.63, 3.8) is 0 Å². The summed E-state index contributed by atoms with van der Waals surface area (Å²) >= 11 is 0. The quantitative estimate of drug-likeness (QED) is 0.919. The smallest absolute Gasteiger partial charge is 0.338 e. The zero-order valence-electron chi connectivity index (χ0n) is 12.7. The third-order valence-corrected chi connectivity index (χ3v) is 4.18. The van der Waals surface area contributed by atoms with Crippen molar-refractivity contribution < 1.29 is 14.3 Å². The number of rotatable bonds is 5. The van der Waals surface area contributed by atoms with Crippen molar-refractivity contribution in [2.45, 2.75) is 25.3 Å². The van der Waals surface area contributed by atoms with Crippen LogP contribution in [-0.4, -0.2) is 39.0 Å². The molecule has 1 aliphatic rings. The second kappa shape index (κ2) is 6.83. The average molecular weight is 315 g/mol. The van der Waals surface area contributed by atoms with Gasteiger partial charge in [0.1, 0.15) is 11.6 Å². The Labute approximate surface area is 133 Å². The van der Waals surface area contributed by atoms with E-state index in [1.807, 2.05) is 0 Å². The van der Waals surface area contributed by atoms with Crippen molar-refractivity contribution in [3.05, 3.63) is 59.4 Å². The lowest BCUT2D eigenvalue weighted by Gasteiger charge is -2.23. The van der Waals surface area contributed by atoms with Gasteiger partial charge >= 0.3 is 5.97 Å². The molecule has 1 aromatic heterocycles. The predicted octanol–water partition coefficient (Wildman–Crippen LogP) is 2.69. The molecule has 23 heavy (non-hydrogen) atoms. The van der Waals surface area contributed by atoms with Gasteiger partial charge in [0, 0.05) is 18.9 Å². The van der Waals surface area contributed by atoms with Crippen LogP contribution in [0.4, 0.5) is 4.39 Å². The lowest BCUT2D eigenvalue weighted by Crippen LogP contribution is -2.27. The molecule has 1 atom stereocenters. The van der Waals surface area contributed by atoms with Gasteiger partial charge in [-0.3, -0.25) is 4.90 Å². The molecule has 5 nitrogen and oxygen atoms in total. The van der Waals surface area contributed by atoms with E-state index in [1.165, 1.54) is 24.5 Å². The van der Waals surface area contributed by atoms with Gasteiger partial charge in [0.25, 0.3) is 0 Å². The van der Waals surface area contributed by atoms with Crippen molar-refractivity contribution in [2.75, 3.05) is 13.1 Å². The van der Waals surface area contributed by atoms with Crippen molar-refractivity contribution in [1.29, 1.82) is 0 Å². The monoisotopic (exact) mass is 315 g/mol. The summed E-state index contributed by atoms with van der Waals surface area (Å²) in [6, 6.07) is 6.69. The zero-order chi connectivity index (χ0) is 16.2. The van der Waals surface area contributed by atoms with Gasteiger partial charge in [-0.15, -0.1) is 0 Å². The number of aromatic nitrogens is 2. The summed E-state index contributed by atoms with van der Waals surface area (Å²) in [7, 11) is 0. The number of halogens is 1. The van der Waals surface area contributed by atoms with Crippen molar-refractivity contribution in [2.24, 2.45) is 0 Å². The molecule has 2 aromatic rings. The Morgan fingerprint density at radius 3 is 2.61 bits per heavy atom. The van der Waals surface area contributed by atoms with Crippen LogP contribution in [-0.2, 0) is 6.42 Å². The van der Waals surface area contributed by atoms with Gasteiger partial charge in [0.2, 0.25) is 0 Å². The minimum atomic E-state index is -1.02. The molecule has 120 valence electrons. The van der Waals surface area contributed by atoms with Gasteiger partial charge in [0.05, 0.1) is 11.6 Å². The largest absolute Gasteiger partial charge is 0.478 e. The Hall–Kier alpha value is -2.34. The van der Waals surface area contributed by atoms with E-state index in [9.17, 15) is 9.18 Å². The summed E-state index contributed by atoms with van der Waals surface area (Å²) in [6.07, 6.45) is 5.60. The first-order valence-electron chi connectivity index (χ1n) is 7.67. The first-order chi connectivity index (χ1) is 11.1. The van der Waals surface area contributed by atoms with E-state index in [-0.39, 0.29) is 17.4 Å². The van der Waals surface area contributed by atoms with E-state index in [0.29, 0.717) is 5.82 Å². The van der Waals surface area contributed by atoms with Crippen molar-refractivity contribution in [1.82, 2.24) is 14.9 Å². The molecule has 1 unspecified atom stereocenters. The topological polar surface area (TPSA) is 66.3 Å². The van der Waals surface area contributed by atoms with Crippen molar-refractivity contribution in [3.8, 4) is 0 Å². The SMILES string of the molecule is O=C(O)c1cnc(C2CCCN2CCc2ccc(F)cc2)nc1. The van der Waals surface area contributed by atoms with Crippen LogP contribution in [0.25, 0.3) is 0 Å². The summed E-state index contributed by atoms with van der Waals surface area (Å²) in [5.74, 6) is -0.567. The minimum Gasteiger partial charge on any atom is -0.478 e. The Bertz CT molecular complexity index is 673. The second-order valence-corrected chi connectivity index (χ2v) is 5.71. The fraction of sp³-hybridized carbons (Fsp3) is 0.353. The molecule has 1 saturated heterocycles. The lowest BCUT2D eigenvalue weighted by atomic mass is 10.1. The molecule has 0 spiro atoms. The van der Waals surface area contributed by atoms with Gasteiger partial charge in [-0.2, -0.15) is 0 Å². The van der Waals surface area contributed by atoms with E-state index in [1.54, 1.807) is 12.1 Å². The Morgan fingerprint density at radius 1 is 1.26 bits per heavy atom. The third kappa shape index (κ3) is 3.71. The number of nitrogens with zero attached hydrogens (tertiary/aromatic N) is 3. The van der Waals surface area contributed by atoms with Crippen LogP contribution in [0.15, 0.2) is 36.7 Å². The Morgan fingerprint density at radius 2 is 1.96 bits per heavy atom. The fourth-order valence-corrected chi connectivity index (χ4v) is 2.93. The average Bonchev–Trinajstić information content (AvgIpc) is 3.03. The molecule has 1 aromatic carbocycles. The summed E-state index contributed by atoms with van der Waals surface area (Å²) < 4.78 is 12.9. The van der Waals surface area contributed by atoms with E-state index in [0.717, 1.165) is 37.9 Å². The number of hydrogen-bond donors (Lipinski definition) is 1. The van der Waals surface area contributed by atoms with Crippen LogP contribution < -0.4 is 0 Å². The fourth-order valence-electron chi connectivity index (χ4n) is 2.93. The van der Waals surface area contributed by atoms with Crippen LogP contribution >= 0.6 is 0 Å². The molecule has 1 fully saturated rings. The van der Waals surface area contributed by atoms with Crippen LogP contribution in [0.3, 0.4) is 0 Å². The highest BCUT2D eigenvalue weighted by Gasteiger charge is 2.27. The summed E-state index contributed by atoms with van der Waals surface area (Å²) in [5.41, 5.74) is 1.20. The van der Waals surface area contributed by atoms with Gasteiger partial charge in [-0.1, -0.05) is 12.1 Å². The standard InChI is InChI=1S/C17H18FN3O2/c18-14-5-3-12(4-6-14)7-9-21-8-1-2-15(21)16-19-10-13(11-20-16)17(22)23/h3-6,10-11,15H,1-2,7-9H2,(H,22,23). The van der Waals surface area contributed by atoms with Gasteiger partial charge < -0.3 is 5.11 Å². The number of carbonyl (C=O) groups is 1.